The van der Waals surface area contributed by atoms with E-state index in [0.717, 1.165) is 37.8 Å². The summed E-state index contributed by atoms with van der Waals surface area (Å²) >= 11 is 4.03. The average Bonchev–Trinajstić information content (AvgIpc) is 2.47. The molecule has 0 fully saturated rings. The molecule has 1 aromatic rings. The van der Waals surface area contributed by atoms with Crippen molar-refractivity contribution in [2.24, 2.45) is 5.92 Å². The zero-order chi connectivity index (χ0) is 16.8. The Morgan fingerprint density at radius 2 is 1.96 bits per heavy atom. The van der Waals surface area contributed by atoms with Gasteiger partial charge in [-0.05, 0) is 49.7 Å². The van der Waals surface area contributed by atoms with E-state index in [4.69, 9.17) is 0 Å². The van der Waals surface area contributed by atoms with E-state index >= 15 is 0 Å². The molecule has 1 aromatic heterocycles. The molecule has 0 aromatic carbocycles. The summed E-state index contributed by atoms with van der Waals surface area (Å²) in [4.78, 5) is 25.1. The SMILES string of the molecule is CC(C)CCn1c2c(cc(C(=O)NCS)c1=O)CCCCCC2. The van der Waals surface area contributed by atoms with Gasteiger partial charge in [0, 0.05) is 12.2 Å². The number of fused-ring (bicyclic) bond motifs is 1. The number of carbonyl (C=O) groups is 1. The van der Waals surface area contributed by atoms with Crippen molar-refractivity contribution < 1.29 is 4.79 Å². The van der Waals surface area contributed by atoms with E-state index in [2.05, 4.69) is 31.8 Å². The molecule has 0 saturated heterocycles. The van der Waals surface area contributed by atoms with Gasteiger partial charge in [-0.1, -0.05) is 26.7 Å². The fourth-order valence-electron chi connectivity index (χ4n) is 3.19. The zero-order valence-electron chi connectivity index (χ0n) is 14.2. The Hall–Kier alpha value is -1.23. The monoisotopic (exact) mass is 336 g/mol. The van der Waals surface area contributed by atoms with Crippen molar-refractivity contribution in [3.8, 4) is 0 Å². The minimum absolute atomic E-state index is 0.149. The lowest BCUT2D eigenvalue weighted by Gasteiger charge is -2.21. The van der Waals surface area contributed by atoms with Crippen LogP contribution < -0.4 is 10.9 Å². The van der Waals surface area contributed by atoms with Crippen LogP contribution in [0.25, 0.3) is 0 Å². The van der Waals surface area contributed by atoms with Gasteiger partial charge in [0.1, 0.15) is 5.56 Å². The molecule has 1 aliphatic carbocycles. The van der Waals surface area contributed by atoms with Crippen molar-refractivity contribution in [3.63, 3.8) is 0 Å². The van der Waals surface area contributed by atoms with Crippen molar-refractivity contribution in [1.29, 1.82) is 0 Å². The van der Waals surface area contributed by atoms with Gasteiger partial charge in [0.05, 0.1) is 5.88 Å². The van der Waals surface area contributed by atoms with Crippen molar-refractivity contribution in [1.82, 2.24) is 9.88 Å². The molecule has 0 atom stereocenters. The van der Waals surface area contributed by atoms with E-state index in [9.17, 15) is 9.59 Å². The van der Waals surface area contributed by atoms with Crippen molar-refractivity contribution in [2.45, 2.75) is 65.3 Å². The van der Waals surface area contributed by atoms with Crippen LogP contribution in [0, 0.1) is 5.92 Å². The molecule has 1 N–H and O–H groups in total. The average molecular weight is 337 g/mol. The Balaban J connectivity index is 2.49. The highest BCUT2D eigenvalue weighted by atomic mass is 32.1. The summed E-state index contributed by atoms with van der Waals surface area (Å²) < 4.78 is 1.87. The van der Waals surface area contributed by atoms with Crippen molar-refractivity contribution >= 4 is 18.5 Å². The molecule has 5 heteroatoms. The minimum Gasteiger partial charge on any atom is -0.343 e. The molecule has 128 valence electrons. The molecular weight excluding hydrogens is 308 g/mol. The Labute approximate surface area is 144 Å². The number of hydrogen-bond donors (Lipinski definition) is 2. The van der Waals surface area contributed by atoms with Gasteiger partial charge < -0.3 is 9.88 Å². The van der Waals surface area contributed by atoms with Crippen LogP contribution in [0.4, 0.5) is 0 Å². The molecule has 0 bridgehead atoms. The second-order valence-electron chi connectivity index (χ2n) is 6.75. The standard InChI is InChI=1S/C18H28N2O2S/c1-13(2)9-10-20-16-8-6-4-3-5-7-14(16)11-15(18(20)22)17(21)19-12-23/h11,13,23H,3-10,12H2,1-2H3,(H,19,21). The lowest BCUT2D eigenvalue weighted by Crippen LogP contribution is -2.35. The number of aromatic nitrogens is 1. The second-order valence-corrected chi connectivity index (χ2v) is 7.06. The van der Waals surface area contributed by atoms with Gasteiger partial charge >= 0.3 is 0 Å². The highest BCUT2D eigenvalue weighted by Gasteiger charge is 2.19. The first-order valence-electron chi connectivity index (χ1n) is 8.69. The molecule has 2 rings (SSSR count). The molecule has 1 aliphatic rings. The van der Waals surface area contributed by atoms with Gasteiger partial charge in [-0.25, -0.2) is 0 Å². The molecule has 0 radical (unpaired) electrons. The van der Waals surface area contributed by atoms with E-state index in [1.807, 2.05) is 10.6 Å². The summed E-state index contributed by atoms with van der Waals surface area (Å²) in [7, 11) is 0. The van der Waals surface area contributed by atoms with Gasteiger partial charge in [-0.3, -0.25) is 9.59 Å². The molecule has 23 heavy (non-hydrogen) atoms. The zero-order valence-corrected chi connectivity index (χ0v) is 15.1. The van der Waals surface area contributed by atoms with Gasteiger partial charge in [-0.15, -0.1) is 0 Å². The summed E-state index contributed by atoms with van der Waals surface area (Å²) in [5.74, 6) is 0.454. The van der Waals surface area contributed by atoms with Crippen LogP contribution in [-0.2, 0) is 19.4 Å². The molecule has 4 nitrogen and oxygen atoms in total. The number of amides is 1. The predicted octanol–water partition coefficient (Wildman–Crippen LogP) is 3.17. The molecule has 0 spiro atoms. The van der Waals surface area contributed by atoms with Crippen LogP contribution >= 0.6 is 12.6 Å². The van der Waals surface area contributed by atoms with Crippen LogP contribution in [-0.4, -0.2) is 16.4 Å². The maximum atomic E-state index is 12.8. The molecule has 0 unspecified atom stereocenters. The van der Waals surface area contributed by atoms with Crippen LogP contribution in [0.5, 0.6) is 0 Å². The maximum absolute atomic E-state index is 12.8. The highest BCUT2D eigenvalue weighted by molar-refractivity contribution is 7.80. The second kappa shape index (κ2) is 8.57. The number of nitrogens with one attached hydrogen (secondary N) is 1. The molecule has 1 amide bonds. The molecule has 1 heterocycles. The number of rotatable bonds is 5. The van der Waals surface area contributed by atoms with Crippen LogP contribution in [0.1, 0.15) is 67.6 Å². The topological polar surface area (TPSA) is 51.1 Å². The molecule has 0 aliphatic heterocycles. The Bertz CT molecular complexity index is 608. The van der Waals surface area contributed by atoms with Crippen LogP contribution in [0.3, 0.4) is 0 Å². The van der Waals surface area contributed by atoms with Gasteiger partial charge in [0.15, 0.2) is 0 Å². The van der Waals surface area contributed by atoms with E-state index < -0.39 is 0 Å². The normalized spacial score (nSPS) is 15.0. The van der Waals surface area contributed by atoms with Gasteiger partial charge in [-0.2, -0.15) is 12.6 Å². The number of aryl methyl sites for hydroxylation is 1. The number of pyridine rings is 1. The lowest BCUT2D eigenvalue weighted by atomic mass is 9.95. The fraction of sp³-hybridized carbons (Fsp3) is 0.667. The number of thiol groups is 1. The van der Waals surface area contributed by atoms with Crippen molar-refractivity contribution in [2.75, 3.05) is 5.88 Å². The van der Waals surface area contributed by atoms with Gasteiger partial charge in [0.2, 0.25) is 0 Å². The smallest absolute Gasteiger partial charge is 0.263 e. The summed E-state index contributed by atoms with van der Waals surface area (Å²) in [5.41, 5.74) is 2.45. The third kappa shape index (κ3) is 4.63. The van der Waals surface area contributed by atoms with Crippen molar-refractivity contribution in [3.05, 3.63) is 33.2 Å². The third-order valence-corrected chi connectivity index (χ3v) is 4.67. The maximum Gasteiger partial charge on any atom is 0.263 e. The minimum atomic E-state index is -0.312. The summed E-state index contributed by atoms with van der Waals surface area (Å²) in [6, 6.07) is 1.83. The predicted molar refractivity (Wildman–Crippen MR) is 97.4 cm³/mol. The summed E-state index contributed by atoms with van der Waals surface area (Å²) in [6.07, 6.45) is 7.54. The Morgan fingerprint density at radius 1 is 1.26 bits per heavy atom. The first-order valence-corrected chi connectivity index (χ1v) is 9.32. The fourth-order valence-corrected chi connectivity index (χ4v) is 3.33. The lowest BCUT2D eigenvalue weighted by molar-refractivity contribution is 0.0958. The van der Waals surface area contributed by atoms with Gasteiger partial charge in [0.25, 0.3) is 11.5 Å². The largest absolute Gasteiger partial charge is 0.343 e. The first-order chi connectivity index (χ1) is 11.0. The number of carbonyl (C=O) groups excluding carboxylic acids is 1. The number of hydrogen-bond acceptors (Lipinski definition) is 3. The first kappa shape index (κ1) is 18.1. The highest BCUT2D eigenvalue weighted by Crippen LogP contribution is 2.21. The number of nitrogens with zero attached hydrogens (tertiary/aromatic N) is 1. The van der Waals surface area contributed by atoms with E-state index in [1.165, 1.54) is 18.4 Å². The molecule has 0 saturated carbocycles. The Morgan fingerprint density at radius 3 is 2.61 bits per heavy atom. The van der Waals surface area contributed by atoms with Crippen LogP contribution in [0.2, 0.25) is 0 Å². The van der Waals surface area contributed by atoms with E-state index in [1.54, 1.807) is 0 Å². The Kier molecular flexibility index (Phi) is 6.75. The van der Waals surface area contributed by atoms with E-state index in [0.29, 0.717) is 12.5 Å². The van der Waals surface area contributed by atoms with Crippen LogP contribution in [0.15, 0.2) is 10.9 Å². The quantitative estimate of drug-likeness (QED) is 0.641. The summed E-state index contributed by atoms with van der Waals surface area (Å²) in [5, 5.41) is 2.64. The molecular formula is C18H28N2O2S. The summed E-state index contributed by atoms with van der Waals surface area (Å²) in [6.45, 7) is 5.01. The van der Waals surface area contributed by atoms with E-state index in [-0.39, 0.29) is 22.9 Å². The third-order valence-electron chi connectivity index (χ3n) is 4.51.